The molecule has 5 atom stereocenters. The average molecular weight is 738 g/mol. The van der Waals surface area contributed by atoms with Gasteiger partial charge in [-0.25, -0.2) is 0 Å². The molecule has 0 unspecified atom stereocenters. The summed E-state index contributed by atoms with van der Waals surface area (Å²) in [5, 5.41) is 0. The molecule has 0 saturated carbocycles. The van der Waals surface area contributed by atoms with E-state index in [0.717, 1.165) is 35.1 Å². The Labute approximate surface area is 325 Å². The van der Waals surface area contributed by atoms with Crippen molar-refractivity contribution >= 4 is 11.8 Å². The van der Waals surface area contributed by atoms with Gasteiger partial charge in [-0.3, -0.25) is 14.5 Å². The molecule has 0 bridgehead atoms. The molecule has 5 aromatic carbocycles. The van der Waals surface area contributed by atoms with Gasteiger partial charge in [0.1, 0.15) is 24.6 Å². The van der Waals surface area contributed by atoms with E-state index >= 15 is 0 Å². The Balaban J connectivity index is 1.10. The standard InChI is InChI=1S/C48H51NO6/c1-6-43-34(5)44(53-29-35-15-9-7-10-16-35)46(54-30-36-17-11-8-12-18-36)45(55-43)42-28-38(31(2)25-33(42)4)27-37-21-22-39(26-32(37)3)52-24-23-49-47(50)40-19-13-14-20-41(40)48(49)51/h7-22,25-26,28,34,43-46H,6,23-24,27,29-30H2,1-5H3/t34-,43-,44+,45+,46-/m1/s1. The molecule has 1 fully saturated rings. The van der Waals surface area contributed by atoms with Crippen LogP contribution in [0.2, 0.25) is 0 Å². The number of carbonyl (C=O) groups is 2. The van der Waals surface area contributed by atoms with Gasteiger partial charge >= 0.3 is 0 Å². The summed E-state index contributed by atoms with van der Waals surface area (Å²) in [7, 11) is 0. The fourth-order valence-electron chi connectivity index (χ4n) is 8.03. The second kappa shape index (κ2) is 17.2. The Hall–Kier alpha value is -5.08. The van der Waals surface area contributed by atoms with E-state index in [4.69, 9.17) is 18.9 Å². The molecule has 0 aliphatic carbocycles. The van der Waals surface area contributed by atoms with Crippen molar-refractivity contribution in [3.63, 3.8) is 0 Å². The van der Waals surface area contributed by atoms with Crippen LogP contribution in [-0.4, -0.2) is 48.2 Å². The van der Waals surface area contributed by atoms with Gasteiger partial charge in [0.2, 0.25) is 0 Å². The summed E-state index contributed by atoms with van der Waals surface area (Å²) in [5.41, 5.74) is 10.2. The third-order valence-electron chi connectivity index (χ3n) is 11.2. The van der Waals surface area contributed by atoms with Crippen LogP contribution in [0.4, 0.5) is 0 Å². The van der Waals surface area contributed by atoms with Crippen molar-refractivity contribution in [1.82, 2.24) is 4.90 Å². The number of hydrogen-bond donors (Lipinski definition) is 0. The summed E-state index contributed by atoms with van der Waals surface area (Å²) in [6.45, 7) is 12.2. The lowest BCUT2D eigenvalue weighted by atomic mass is 9.82. The summed E-state index contributed by atoms with van der Waals surface area (Å²) in [4.78, 5) is 26.8. The predicted octanol–water partition coefficient (Wildman–Crippen LogP) is 9.53. The Kier molecular flexibility index (Phi) is 11.9. The van der Waals surface area contributed by atoms with Crippen molar-refractivity contribution in [3.8, 4) is 5.75 Å². The third kappa shape index (κ3) is 8.45. The minimum Gasteiger partial charge on any atom is -0.492 e. The Morgan fingerprint density at radius 3 is 1.84 bits per heavy atom. The first kappa shape index (κ1) is 38.2. The lowest BCUT2D eigenvalue weighted by molar-refractivity contribution is -0.235. The minimum absolute atomic E-state index is 0.0123. The number of imide groups is 1. The maximum Gasteiger partial charge on any atom is 0.261 e. The summed E-state index contributed by atoms with van der Waals surface area (Å²) in [6.07, 6.45) is 0.808. The number of amides is 2. The van der Waals surface area contributed by atoms with E-state index in [1.807, 2.05) is 48.5 Å². The van der Waals surface area contributed by atoms with Gasteiger partial charge in [-0.15, -0.1) is 0 Å². The molecule has 2 aliphatic rings. The zero-order valence-electron chi connectivity index (χ0n) is 32.5. The number of benzene rings is 5. The second-order valence-corrected chi connectivity index (χ2v) is 14.9. The maximum absolute atomic E-state index is 12.8. The quantitative estimate of drug-likeness (QED) is 0.106. The van der Waals surface area contributed by atoms with E-state index < -0.39 is 0 Å². The highest BCUT2D eigenvalue weighted by Crippen LogP contribution is 2.42. The lowest BCUT2D eigenvalue weighted by Gasteiger charge is -2.46. The highest BCUT2D eigenvalue weighted by Gasteiger charge is 2.46. The molecule has 0 N–H and O–H groups in total. The SMILES string of the molecule is CC[C@H]1O[C@@H](c2cc(Cc3ccc(OCCN4C(=O)c5ccccc5C4=O)cc3C)c(C)cc2C)[C@H](OCc2ccccc2)[C@@H](OCc2ccccc2)[C@@H]1C. The molecule has 7 nitrogen and oxygen atoms in total. The number of fused-ring (bicyclic) bond motifs is 1. The van der Waals surface area contributed by atoms with Crippen LogP contribution in [0.3, 0.4) is 0 Å². The van der Waals surface area contributed by atoms with E-state index in [-0.39, 0.29) is 55.3 Å². The highest BCUT2D eigenvalue weighted by molar-refractivity contribution is 6.21. The van der Waals surface area contributed by atoms with Gasteiger partial charge in [0.25, 0.3) is 11.8 Å². The molecule has 2 aliphatic heterocycles. The Morgan fingerprint density at radius 1 is 0.655 bits per heavy atom. The molecule has 0 aromatic heterocycles. The van der Waals surface area contributed by atoms with Crippen LogP contribution in [0.15, 0.2) is 115 Å². The van der Waals surface area contributed by atoms with Crippen molar-refractivity contribution in [2.24, 2.45) is 5.92 Å². The Morgan fingerprint density at radius 2 is 1.24 bits per heavy atom. The van der Waals surface area contributed by atoms with Crippen LogP contribution in [0.1, 0.15) is 91.6 Å². The largest absolute Gasteiger partial charge is 0.492 e. The molecule has 7 heteroatoms. The van der Waals surface area contributed by atoms with Gasteiger partial charge in [0, 0.05) is 5.92 Å². The predicted molar refractivity (Wildman–Crippen MR) is 214 cm³/mol. The van der Waals surface area contributed by atoms with Crippen LogP contribution in [-0.2, 0) is 33.8 Å². The smallest absolute Gasteiger partial charge is 0.261 e. The van der Waals surface area contributed by atoms with Gasteiger partial charge in [-0.05, 0) is 102 Å². The fourth-order valence-corrected chi connectivity index (χ4v) is 8.03. The van der Waals surface area contributed by atoms with Gasteiger partial charge < -0.3 is 18.9 Å². The molecular weight excluding hydrogens is 687 g/mol. The summed E-state index contributed by atoms with van der Waals surface area (Å²) in [5.74, 6) is 0.291. The second-order valence-electron chi connectivity index (χ2n) is 14.9. The first-order chi connectivity index (χ1) is 26.7. The van der Waals surface area contributed by atoms with Gasteiger partial charge in [0.15, 0.2) is 0 Å². The summed E-state index contributed by atoms with van der Waals surface area (Å²) < 4.78 is 26.8. The molecule has 2 amide bonds. The minimum atomic E-state index is -0.325. The van der Waals surface area contributed by atoms with Crippen molar-refractivity contribution in [1.29, 1.82) is 0 Å². The topological polar surface area (TPSA) is 74.3 Å². The zero-order chi connectivity index (χ0) is 38.5. The summed E-state index contributed by atoms with van der Waals surface area (Å²) >= 11 is 0. The number of ether oxygens (including phenoxy) is 4. The van der Waals surface area contributed by atoms with Crippen molar-refractivity contribution < 1.29 is 28.5 Å². The highest BCUT2D eigenvalue weighted by atomic mass is 16.6. The van der Waals surface area contributed by atoms with Crippen molar-refractivity contribution in [2.45, 2.75) is 85.1 Å². The number of rotatable bonds is 14. The number of carbonyl (C=O) groups excluding carboxylic acids is 2. The van der Waals surface area contributed by atoms with Crippen LogP contribution >= 0.6 is 0 Å². The first-order valence-electron chi connectivity index (χ1n) is 19.5. The van der Waals surface area contributed by atoms with Crippen LogP contribution in [0.5, 0.6) is 5.75 Å². The maximum atomic E-state index is 12.8. The van der Waals surface area contributed by atoms with E-state index in [1.54, 1.807) is 24.3 Å². The number of hydrogen-bond acceptors (Lipinski definition) is 6. The molecule has 7 rings (SSSR count). The fraction of sp³-hybridized carbons (Fsp3) is 0.333. The average Bonchev–Trinajstić information content (AvgIpc) is 3.44. The number of nitrogens with zero attached hydrogens (tertiary/aromatic N) is 1. The van der Waals surface area contributed by atoms with Crippen LogP contribution in [0, 0.1) is 26.7 Å². The zero-order valence-corrected chi connectivity index (χ0v) is 32.5. The number of aryl methyl sites for hydroxylation is 3. The van der Waals surface area contributed by atoms with Gasteiger partial charge in [-0.1, -0.05) is 105 Å². The van der Waals surface area contributed by atoms with E-state index in [0.29, 0.717) is 30.1 Å². The molecule has 5 aromatic rings. The molecule has 0 radical (unpaired) electrons. The Bertz CT molecular complexity index is 2080. The normalized spacial score (nSPS) is 20.8. The first-order valence-corrected chi connectivity index (χ1v) is 19.5. The van der Waals surface area contributed by atoms with Gasteiger partial charge in [-0.2, -0.15) is 0 Å². The van der Waals surface area contributed by atoms with Gasteiger partial charge in [0.05, 0.1) is 43.1 Å². The van der Waals surface area contributed by atoms with Crippen molar-refractivity contribution in [3.05, 3.63) is 171 Å². The monoisotopic (exact) mass is 737 g/mol. The van der Waals surface area contributed by atoms with Crippen molar-refractivity contribution in [2.75, 3.05) is 13.2 Å². The lowest BCUT2D eigenvalue weighted by Crippen LogP contribution is -2.52. The molecule has 1 saturated heterocycles. The van der Waals surface area contributed by atoms with E-state index in [2.05, 4.69) is 77.1 Å². The molecule has 55 heavy (non-hydrogen) atoms. The third-order valence-corrected chi connectivity index (χ3v) is 11.2. The van der Waals surface area contributed by atoms with E-state index in [1.165, 1.54) is 27.2 Å². The molecule has 0 spiro atoms. The molecule has 2 heterocycles. The van der Waals surface area contributed by atoms with Crippen LogP contribution in [0.25, 0.3) is 0 Å². The van der Waals surface area contributed by atoms with Crippen LogP contribution < -0.4 is 4.74 Å². The van der Waals surface area contributed by atoms with E-state index in [9.17, 15) is 9.59 Å². The molecule has 284 valence electrons. The molecular formula is C48H51NO6. The summed E-state index contributed by atoms with van der Waals surface area (Å²) in [6, 6.07) is 38.3.